The van der Waals surface area contributed by atoms with E-state index in [2.05, 4.69) is 13.8 Å². The number of hydrogen-bond acceptors (Lipinski definition) is 3. The van der Waals surface area contributed by atoms with Crippen LogP contribution in [0.3, 0.4) is 0 Å². The van der Waals surface area contributed by atoms with Crippen molar-refractivity contribution in [3.05, 3.63) is 29.3 Å². The van der Waals surface area contributed by atoms with E-state index in [9.17, 15) is 8.42 Å². The van der Waals surface area contributed by atoms with Crippen LogP contribution in [0.2, 0.25) is 0 Å². The molecule has 5 heteroatoms. The summed E-state index contributed by atoms with van der Waals surface area (Å²) in [6, 6.07) is 5.44. The van der Waals surface area contributed by atoms with Crippen molar-refractivity contribution in [3.63, 3.8) is 0 Å². The highest BCUT2D eigenvalue weighted by Crippen LogP contribution is 2.32. The molecule has 0 aliphatic carbocycles. The van der Waals surface area contributed by atoms with E-state index in [-0.39, 0.29) is 5.41 Å². The van der Waals surface area contributed by atoms with Crippen LogP contribution in [0.1, 0.15) is 37.8 Å². The largest absolute Gasteiger partial charge is 0.326 e. The second kappa shape index (κ2) is 5.47. The van der Waals surface area contributed by atoms with Crippen LogP contribution in [0.25, 0.3) is 0 Å². The Bertz CT molecular complexity index is 594. The fourth-order valence-corrected chi connectivity index (χ4v) is 4.71. The third-order valence-corrected chi connectivity index (χ3v) is 5.96. The molecule has 1 aliphatic rings. The fourth-order valence-electron chi connectivity index (χ4n) is 2.76. The van der Waals surface area contributed by atoms with Crippen molar-refractivity contribution >= 4 is 10.0 Å². The molecule has 20 heavy (non-hydrogen) atoms. The molecule has 0 bridgehead atoms. The summed E-state index contributed by atoms with van der Waals surface area (Å²) in [7, 11) is -3.42. The van der Waals surface area contributed by atoms with Crippen molar-refractivity contribution in [1.29, 1.82) is 0 Å². The fraction of sp³-hybridized carbons (Fsp3) is 0.600. The lowest BCUT2D eigenvalue weighted by atomic mass is 9.85. The van der Waals surface area contributed by atoms with Crippen molar-refractivity contribution in [3.8, 4) is 0 Å². The van der Waals surface area contributed by atoms with Crippen LogP contribution in [-0.4, -0.2) is 25.8 Å². The lowest BCUT2D eigenvalue weighted by Crippen LogP contribution is -2.43. The number of piperidine rings is 1. The number of rotatable bonds is 3. The molecule has 1 aromatic carbocycles. The molecule has 1 fully saturated rings. The zero-order valence-electron chi connectivity index (χ0n) is 12.5. The second-order valence-electron chi connectivity index (χ2n) is 6.41. The summed E-state index contributed by atoms with van der Waals surface area (Å²) in [5.41, 5.74) is 7.31. The molecule has 2 N–H and O–H groups in total. The van der Waals surface area contributed by atoms with Gasteiger partial charge in [-0.15, -0.1) is 0 Å². The Hall–Kier alpha value is -0.910. The molecule has 1 aliphatic heterocycles. The van der Waals surface area contributed by atoms with E-state index in [1.54, 1.807) is 10.4 Å². The van der Waals surface area contributed by atoms with E-state index in [0.717, 1.165) is 24.0 Å². The quantitative estimate of drug-likeness (QED) is 0.930. The molecule has 4 nitrogen and oxygen atoms in total. The predicted octanol–water partition coefficient (Wildman–Crippen LogP) is 2.26. The molecule has 0 amide bonds. The van der Waals surface area contributed by atoms with Gasteiger partial charge in [-0.2, -0.15) is 4.31 Å². The van der Waals surface area contributed by atoms with Crippen molar-refractivity contribution in [2.24, 2.45) is 11.1 Å². The molecular weight excluding hydrogens is 272 g/mol. The van der Waals surface area contributed by atoms with Gasteiger partial charge in [-0.25, -0.2) is 8.42 Å². The zero-order valence-corrected chi connectivity index (χ0v) is 13.3. The van der Waals surface area contributed by atoms with Gasteiger partial charge in [-0.1, -0.05) is 26.0 Å². The van der Waals surface area contributed by atoms with Crippen molar-refractivity contribution in [2.75, 3.05) is 13.1 Å². The van der Waals surface area contributed by atoms with E-state index in [1.807, 2.05) is 19.1 Å². The minimum atomic E-state index is -3.42. The van der Waals surface area contributed by atoms with Gasteiger partial charge < -0.3 is 5.73 Å². The van der Waals surface area contributed by atoms with Crippen LogP contribution in [-0.2, 0) is 16.6 Å². The average Bonchev–Trinajstić information content (AvgIpc) is 2.38. The lowest BCUT2D eigenvalue weighted by Gasteiger charge is -2.37. The molecule has 2 rings (SSSR count). The van der Waals surface area contributed by atoms with Gasteiger partial charge in [0.25, 0.3) is 0 Å². The number of benzene rings is 1. The van der Waals surface area contributed by atoms with Gasteiger partial charge >= 0.3 is 0 Å². The van der Waals surface area contributed by atoms with E-state index in [4.69, 9.17) is 5.73 Å². The Kier molecular flexibility index (Phi) is 4.23. The maximum absolute atomic E-state index is 12.8. The van der Waals surface area contributed by atoms with E-state index in [0.29, 0.717) is 24.5 Å². The maximum atomic E-state index is 12.8. The van der Waals surface area contributed by atoms with E-state index >= 15 is 0 Å². The first-order chi connectivity index (χ1) is 9.26. The van der Waals surface area contributed by atoms with Crippen LogP contribution in [0.15, 0.2) is 23.1 Å². The van der Waals surface area contributed by atoms with Crippen molar-refractivity contribution in [1.82, 2.24) is 4.31 Å². The highest BCUT2D eigenvalue weighted by atomic mass is 32.2. The molecule has 0 saturated carbocycles. The summed E-state index contributed by atoms with van der Waals surface area (Å²) in [5, 5.41) is 0. The van der Waals surface area contributed by atoms with Gasteiger partial charge in [0.1, 0.15) is 0 Å². The maximum Gasteiger partial charge on any atom is 0.243 e. The molecular formula is C15H24N2O2S. The summed E-state index contributed by atoms with van der Waals surface area (Å²) < 4.78 is 27.3. The van der Waals surface area contributed by atoms with Gasteiger partial charge in [0, 0.05) is 19.6 Å². The van der Waals surface area contributed by atoms with Gasteiger partial charge in [-0.3, -0.25) is 0 Å². The third-order valence-electron chi connectivity index (χ3n) is 3.97. The normalized spacial score (nSPS) is 20.0. The molecule has 0 spiro atoms. The number of sulfonamides is 1. The number of hydrogen-bond donors (Lipinski definition) is 1. The van der Waals surface area contributed by atoms with Crippen molar-refractivity contribution in [2.45, 2.75) is 45.1 Å². The van der Waals surface area contributed by atoms with Crippen LogP contribution in [0.4, 0.5) is 0 Å². The molecule has 1 aromatic rings. The molecule has 1 saturated heterocycles. The van der Waals surface area contributed by atoms with Gasteiger partial charge in [-0.05, 0) is 42.4 Å². The van der Waals surface area contributed by atoms with Crippen LogP contribution < -0.4 is 5.73 Å². The summed E-state index contributed by atoms with van der Waals surface area (Å²) in [5.74, 6) is 0. The smallest absolute Gasteiger partial charge is 0.243 e. The molecule has 0 radical (unpaired) electrons. The Morgan fingerprint density at radius 1 is 1.35 bits per heavy atom. The highest BCUT2D eigenvalue weighted by Gasteiger charge is 2.34. The van der Waals surface area contributed by atoms with Gasteiger partial charge in [0.05, 0.1) is 4.90 Å². The molecule has 112 valence electrons. The Morgan fingerprint density at radius 2 is 2.05 bits per heavy atom. The summed E-state index contributed by atoms with van der Waals surface area (Å²) in [4.78, 5) is 0.401. The summed E-state index contributed by atoms with van der Waals surface area (Å²) in [6.45, 7) is 7.63. The molecule has 0 atom stereocenters. The van der Waals surface area contributed by atoms with Crippen LogP contribution in [0, 0.1) is 12.3 Å². The molecule has 1 heterocycles. The molecule has 0 unspecified atom stereocenters. The SMILES string of the molecule is Cc1ccc(CN)cc1S(=O)(=O)N1CCCC(C)(C)C1. The predicted molar refractivity (Wildman–Crippen MR) is 80.8 cm³/mol. The van der Waals surface area contributed by atoms with Crippen LogP contribution in [0.5, 0.6) is 0 Å². The Morgan fingerprint density at radius 3 is 2.65 bits per heavy atom. The Balaban J connectivity index is 2.40. The number of aryl methyl sites for hydroxylation is 1. The average molecular weight is 296 g/mol. The van der Waals surface area contributed by atoms with Gasteiger partial charge in [0.15, 0.2) is 0 Å². The minimum absolute atomic E-state index is 0.0463. The van der Waals surface area contributed by atoms with E-state index < -0.39 is 10.0 Å². The second-order valence-corrected chi connectivity index (χ2v) is 8.32. The monoisotopic (exact) mass is 296 g/mol. The van der Waals surface area contributed by atoms with Crippen molar-refractivity contribution < 1.29 is 8.42 Å². The highest BCUT2D eigenvalue weighted by molar-refractivity contribution is 7.89. The first-order valence-corrected chi connectivity index (χ1v) is 8.50. The molecule has 0 aromatic heterocycles. The first kappa shape index (κ1) is 15.5. The lowest BCUT2D eigenvalue weighted by molar-refractivity contribution is 0.187. The van der Waals surface area contributed by atoms with Crippen LogP contribution >= 0.6 is 0 Å². The standard InChI is InChI=1S/C15H24N2O2S/c1-12-5-6-13(10-16)9-14(12)20(18,19)17-8-4-7-15(2,3)11-17/h5-6,9H,4,7-8,10-11,16H2,1-3H3. The summed E-state index contributed by atoms with van der Waals surface area (Å²) in [6.07, 6.45) is 1.99. The van der Waals surface area contributed by atoms with Gasteiger partial charge in [0.2, 0.25) is 10.0 Å². The number of nitrogens with two attached hydrogens (primary N) is 1. The minimum Gasteiger partial charge on any atom is -0.326 e. The summed E-state index contributed by atoms with van der Waals surface area (Å²) >= 11 is 0. The first-order valence-electron chi connectivity index (χ1n) is 7.06. The number of nitrogens with zero attached hydrogens (tertiary/aromatic N) is 1. The zero-order chi connectivity index (χ0) is 15.0. The topological polar surface area (TPSA) is 63.4 Å². The third kappa shape index (κ3) is 3.05. The van der Waals surface area contributed by atoms with E-state index in [1.165, 1.54) is 0 Å². The Labute approximate surface area is 122 Å².